The molecular formula is C20H23ClN2O4S. The molecule has 2 aromatic carbocycles. The van der Waals surface area contributed by atoms with Gasteiger partial charge in [0.1, 0.15) is 12.4 Å². The number of sulfone groups is 1. The van der Waals surface area contributed by atoms with Crippen molar-refractivity contribution in [1.29, 1.82) is 0 Å². The number of rotatable bonds is 7. The van der Waals surface area contributed by atoms with Crippen LogP contribution in [-0.4, -0.2) is 32.9 Å². The van der Waals surface area contributed by atoms with Gasteiger partial charge in [0.25, 0.3) is 0 Å². The highest BCUT2D eigenvalue weighted by Gasteiger charge is 2.30. The van der Waals surface area contributed by atoms with Crippen molar-refractivity contribution in [2.75, 3.05) is 18.5 Å². The molecule has 0 radical (unpaired) electrons. The fourth-order valence-electron chi connectivity index (χ4n) is 3.16. The Balaban J connectivity index is 1.44. The Morgan fingerprint density at radius 1 is 1.04 bits per heavy atom. The predicted molar refractivity (Wildman–Crippen MR) is 110 cm³/mol. The minimum Gasteiger partial charge on any atom is -0.492 e. The molecule has 0 aliphatic heterocycles. The molecule has 150 valence electrons. The highest BCUT2D eigenvalue weighted by molar-refractivity contribution is 7.92. The molecule has 1 aliphatic carbocycles. The third kappa shape index (κ3) is 5.39. The lowest BCUT2D eigenvalue weighted by Crippen LogP contribution is -2.32. The van der Waals surface area contributed by atoms with E-state index < -0.39 is 9.84 Å². The maximum absolute atomic E-state index is 12.6. The summed E-state index contributed by atoms with van der Waals surface area (Å²) in [6, 6.07) is 12.9. The number of urea groups is 1. The average molecular weight is 423 g/mol. The molecule has 0 unspecified atom stereocenters. The van der Waals surface area contributed by atoms with Crippen molar-refractivity contribution in [2.24, 2.45) is 0 Å². The van der Waals surface area contributed by atoms with Crippen molar-refractivity contribution in [3.63, 3.8) is 0 Å². The molecule has 0 heterocycles. The van der Waals surface area contributed by atoms with Crippen molar-refractivity contribution in [1.82, 2.24) is 5.32 Å². The van der Waals surface area contributed by atoms with Gasteiger partial charge in [-0.1, -0.05) is 24.4 Å². The van der Waals surface area contributed by atoms with Gasteiger partial charge >= 0.3 is 6.03 Å². The Morgan fingerprint density at radius 2 is 1.68 bits per heavy atom. The molecule has 0 spiro atoms. The standard InChI is InChI=1S/C20H23ClN2O4S/c21-15-5-9-17(10-6-15)27-14-13-22-20(24)23-16-7-11-19(12-8-16)28(25,26)18-3-1-2-4-18/h5-12,18H,1-4,13-14H2,(H2,22,23,24). The molecule has 1 saturated carbocycles. The summed E-state index contributed by atoms with van der Waals surface area (Å²) in [7, 11) is -3.28. The summed E-state index contributed by atoms with van der Waals surface area (Å²) in [5.74, 6) is 0.672. The fourth-order valence-corrected chi connectivity index (χ4v) is 5.14. The van der Waals surface area contributed by atoms with Gasteiger partial charge in [-0.05, 0) is 61.4 Å². The molecule has 6 nitrogen and oxygen atoms in total. The van der Waals surface area contributed by atoms with Crippen molar-refractivity contribution >= 4 is 33.2 Å². The monoisotopic (exact) mass is 422 g/mol. The lowest BCUT2D eigenvalue weighted by atomic mass is 10.3. The molecule has 2 aromatic rings. The number of anilines is 1. The molecule has 0 saturated heterocycles. The molecular weight excluding hydrogens is 400 g/mol. The number of hydrogen-bond donors (Lipinski definition) is 2. The Morgan fingerprint density at radius 3 is 2.32 bits per heavy atom. The fraction of sp³-hybridized carbons (Fsp3) is 0.350. The van der Waals surface area contributed by atoms with Crippen LogP contribution < -0.4 is 15.4 Å². The quantitative estimate of drug-likeness (QED) is 0.653. The Kier molecular flexibility index (Phi) is 6.80. The third-order valence-electron chi connectivity index (χ3n) is 4.65. The lowest BCUT2D eigenvalue weighted by Gasteiger charge is -2.12. The maximum Gasteiger partial charge on any atom is 0.319 e. The topological polar surface area (TPSA) is 84.5 Å². The Labute approximate surface area is 170 Å². The summed E-state index contributed by atoms with van der Waals surface area (Å²) >= 11 is 5.80. The van der Waals surface area contributed by atoms with Crippen LogP contribution in [0.4, 0.5) is 10.5 Å². The maximum atomic E-state index is 12.6. The summed E-state index contributed by atoms with van der Waals surface area (Å²) in [5, 5.41) is 5.71. The second kappa shape index (κ2) is 9.30. The van der Waals surface area contributed by atoms with E-state index in [1.807, 2.05) is 0 Å². The van der Waals surface area contributed by atoms with Gasteiger partial charge in [0, 0.05) is 10.7 Å². The van der Waals surface area contributed by atoms with Crippen molar-refractivity contribution in [3.05, 3.63) is 53.6 Å². The molecule has 3 rings (SSSR count). The number of hydrogen-bond acceptors (Lipinski definition) is 4. The van der Waals surface area contributed by atoms with Crippen LogP contribution in [0.25, 0.3) is 0 Å². The van der Waals surface area contributed by atoms with E-state index in [1.165, 1.54) is 0 Å². The number of amides is 2. The summed E-state index contributed by atoms with van der Waals surface area (Å²) in [6.07, 6.45) is 3.38. The first kappa shape index (κ1) is 20.5. The van der Waals surface area contributed by atoms with E-state index >= 15 is 0 Å². The summed E-state index contributed by atoms with van der Waals surface area (Å²) in [5.41, 5.74) is 0.529. The van der Waals surface area contributed by atoms with Crippen LogP contribution in [0.2, 0.25) is 5.02 Å². The molecule has 8 heteroatoms. The molecule has 2 amide bonds. The number of carbonyl (C=O) groups is 1. The Bertz CT molecular complexity index is 893. The zero-order chi connectivity index (χ0) is 20.0. The molecule has 2 N–H and O–H groups in total. The van der Waals surface area contributed by atoms with Gasteiger partial charge in [-0.3, -0.25) is 0 Å². The van der Waals surface area contributed by atoms with Gasteiger partial charge in [0.15, 0.2) is 9.84 Å². The van der Waals surface area contributed by atoms with E-state index in [0.29, 0.717) is 34.5 Å². The first-order valence-corrected chi connectivity index (χ1v) is 11.1. The van der Waals surface area contributed by atoms with Gasteiger partial charge in [-0.25, -0.2) is 13.2 Å². The number of nitrogens with one attached hydrogen (secondary N) is 2. The van der Waals surface area contributed by atoms with Gasteiger partial charge in [-0.15, -0.1) is 0 Å². The molecule has 0 aromatic heterocycles. The molecule has 1 fully saturated rings. The smallest absolute Gasteiger partial charge is 0.319 e. The van der Waals surface area contributed by atoms with Crippen LogP contribution in [-0.2, 0) is 9.84 Å². The van der Waals surface area contributed by atoms with Crippen LogP contribution in [0, 0.1) is 0 Å². The summed E-state index contributed by atoms with van der Waals surface area (Å²) in [6.45, 7) is 0.635. The van der Waals surface area contributed by atoms with Crippen LogP contribution in [0.3, 0.4) is 0 Å². The number of benzene rings is 2. The zero-order valence-corrected chi connectivity index (χ0v) is 16.9. The van der Waals surface area contributed by atoms with Crippen molar-refractivity contribution < 1.29 is 17.9 Å². The minimum absolute atomic E-state index is 0.282. The second-order valence-electron chi connectivity index (χ2n) is 6.66. The molecule has 1 aliphatic rings. The Hall–Kier alpha value is -2.25. The SMILES string of the molecule is O=C(NCCOc1ccc(Cl)cc1)Nc1ccc(S(=O)(=O)C2CCCC2)cc1. The van der Waals surface area contributed by atoms with Crippen molar-refractivity contribution in [2.45, 2.75) is 35.8 Å². The zero-order valence-electron chi connectivity index (χ0n) is 15.4. The summed E-state index contributed by atoms with van der Waals surface area (Å²) < 4.78 is 30.6. The number of carbonyl (C=O) groups excluding carboxylic acids is 1. The lowest BCUT2D eigenvalue weighted by molar-refractivity contribution is 0.247. The molecule has 0 bridgehead atoms. The van der Waals surface area contributed by atoms with E-state index in [4.69, 9.17) is 16.3 Å². The van der Waals surface area contributed by atoms with E-state index in [2.05, 4.69) is 10.6 Å². The number of ether oxygens (including phenoxy) is 1. The first-order chi connectivity index (χ1) is 13.4. The highest BCUT2D eigenvalue weighted by Crippen LogP contribution is 2.30. The van der Waals surface area contributed by atoms with Crippen LogP contribution in [0.15, 0.2) is 53.4 Å². The highest BCUT2D eigenvalue weighted by atomic mass is 35.5. The van der Waals surface area contributed by atoms with Gasteiger partial charge < -0.3 is 15.4 Å². The van der Waals surface area contributed by atoms with Crippen LogP contribution in [0.5, 0.6) is 5.75 Å². The summed E-state index contributed by atoms with van der Waals surface area (Å²) in [4.78, 5) is 12.3. The third-order valence-corrected chi connectivity index (χ3v) is 7.18. The van der Waals surface area contributed by atoms with Gasteiger partial charge in [0.2, 0.25) is 0 Å². The number of halogens is 1. The average Bonchev–Trinajstić information content (AvgIpc) is 3.23. The molecule has 28 heavy (non-hydrogen) atoms. The predicted octanol–water partition coefficient (Wildman–Crippen LogP) is 4.26. The van der Waals surface area contributed by atoms with Crippen LogP contribution in [0.1, 0.15) is 25.7 Å². The van der Waals surface area contributed by atoms with E-state index in [9.17, 15) is 13.2 Å². The largest absolute Gasteiger partial charge is 0.492 e. The normalized spacial score (nSPS) is 14.6. The van der Waals surface area contributed by atoms with Gasteiger partial charge in [0.05, 0.1) is 16.7 Å². The van der Waals surface area contributed by atoms with Gasteiger partial charge in [-0.2, -0.15) is 0 Å². The van der Waals surface area contributed by atoms with Crippen molar-refractivity contribution in [3.8, 4) is 5.75 Å². The van der Waals surface area contributed by atoms with E-state index in [-0.39, 0.29) is 11.3 Å². The van der Waals surface area contributed by atoms with E-state index in [1.54, 1.807) is 48.5 Å². The second-order valence-corrected chi connectivity index (χ2v) is 9.32. The first-order valence-electron chi connectivity index (χ1n) is 9.22. The van der Waals surface area contributed by atoms with E-state index in [0.717, 1.165) is 25.7 Å². The van der Waals surface area contributed by atoms with Crippen LogP contribution >= 0.6 is 11.6 Å². The minimum atomic E-state index is -3.28. The molecule has 0 atom stereocenters.